The topological polar surface area (TPSA) is 48.5 Å². The normalized spacial score (nSPS) is 16.5. The minimum atomic E-state index is -3.58. The second-order valence-corrected chi connectivity index (χ2v) is 18.3. The van der Waals surface area contributed by atoms with E-state index in [-0.39, 0.29) is 72.6 Å². The minimum Gasteiger partial charge on any atom is -0.278 e. The molecular weight excluding hydrogens is 783 g/mol. The molecule has 9 aromatic carbocycles. The Balaban J connectivity index is 1.20. The van der Waals surface area contributed by atoms with Crippen molar-refractivity contribution in [2.75, 3.05) is 0 Å². The van der Waals surface area contributed by atoms with Gasteiger partial charge in [-0.05, 0) is 56.0 Å². The van der Waals surface area contributed by atoms with Crippen LogP contribution in [0.1, 0.15) is 28.8 Å². The van der Waals surface area contributed by atoms with Crippen LogP contribution in [0.4, 0.5) is 0 Å². The summed E-state index contributed by atoms with van der Waals surface area (Å²) in [6.45, 7) is 0. The Hall–Kier alpha value is -8.19. The smallest absolute Gasteiger partial charge is 0.240 e. The number of hydrogen-bond acceptors (Lipinski definition) is 3. The van der Waals surface area contributed by atoms with Gasteiger partial charge >= 0.3 is 0 Å². The Bertz CT molecular complexity index is 4460. The van der Waals surface area contributed by atoms with Crippen molar-refractivity contribution in [3.63, 3.8) is 0 Å². The van der Waals surface area contributed by atoms with Crippen molar-refractivity contribution in [1.82, 2.24) is 24.1 Å². The van der Waals surface area contributed by atoms with Gasteiger partial charge in [0.05, 0.1) is 50.9 Å². The molecule has 3 heterocycles. The summed E-state index contributed by atoms with van der Waals surface area (Å²) in [4.78, 5) is 14.6. The van der Waals surface area contributed by atoms with E-state index in [1.165, 1.54) is 0 Å². The third-order valence-corrected chi connectivity index (χ3v) is 15.9. The van der Waals surface area contributed by atoms with Gasteiger partial charge in [-0.25, -0.2) is 0 Å². The van der Waals surface area contributed by atoms with Crippen LogP contribution in [0, 0.1) is 0 Å². The Morgan fingerprint density at radius 1 is 0.333 bits per heavy atom. The highest BCUT2D eigenvalue weighted by atomic mass is 28.3. The average molecular weight is 843 g/mol. The molecule has 0 saturated carbocycles. The van der Waals surface area contributed by atoms with Crippen molar-refractivity contribution < 1.29 is 28.8 Å². The highest BCUT2D eigenvalue weighted by molar-refractivity contribution is 7.19. The van der Waals surface area contributed by atoms with Gasteiger partial charge in [-0.15, -0.1) is 0 Å². The molecule has 12 rings (SSSR count). The standard InChI is InChI=1S/C57H39N5Si/c1-4-19-40(20-5-1)42-21-18-26-46(39-42)63(43-22-6-2-7-23-43,44-24-8-3-9-25-44)45-37-35-41(36-38-45)55-58-56(61-51-31-14-10-27-47(51)48-28-11-15-32-52(48)61)60-57(59-55)62-53-33-16-12-29-49(53)50-30-13-17-34-54(50)62/h1-39H/i1D,4D,5D,10D,11D,12D,13D,14D,15D,16D,17D,19D,20D,27D,28D,29D,30D,31D,32D,33D,34D. The molecule has 0 saturated heterocycles. The first-order valence-electron chi connectivity index (χ1n) is 30.1. The highest BCUT2D eigenvalue weighted by Crippen LogP contribution is 2.34. The number of fused-ring (bicyclic) bond motifs is 6. The van der Waals surface area contributed by atoms with Gasteiger partial charge in [-0.3, -0.25) is 9.13 Å². The van der Waals surface area contributed by atoms with Crippen molar-refractivity contribution in [2.24, 2.45) is 0 Å². The molecule has 0 N–H and O–H groups in total. The van der Waals surface area contributed by atoms with Gasteiger partial charge in [0.25, 0.3) is 0 Å². The maximum atomic E-state index is 9.31. The van der Waals surface area contributed by atoms with E-state index < -0.39 is 135 Å². The van der Waals surface area contributed by atoms with Gasteiger partial charge in [-0.1, -0.05) is 212 Å². The van der Waals surface area contributed by atoms with E-state index in [0.717, 1.165) is 29.9 Å². The fourth-order valence-electron chi connectivity index (χ4n) is 8.47. The molecule has 0 aliphatic carbocycles. The first-order chi connectivity index (χ1) is 40.0. The second-order valence-electron chi connectivity index (χ2n) is 14.5. The fraction of sp³-hybridized carbons (Fsp3) is 0. The molecule has 0 unspecified atom stereocenters. The van der Waals surface area contributed by atoms with Crippen molar-refractivity contribution in [3.05, 3.63) is 236 Å². The van der Waals surface area contributed by atoms with Crippen LogP contribution in [0.5, 0.6) is 0 Å². The van der Waals surface area contributed by atoms with Crippen LogP contribution in [0.3, 0.4) is 0 Å². The van der Waals surface area contributed by atoms with Gasteiger partial charge in [0.15, 0.2) is 13.9 Å². The summed E-state index contributed by atoms with van der Waals surface area (Å²) in [6.07, 6.45) is 0. The predicted molar refractivity (Wildman–Crippen MR) is 263 cm³/mol. The lowest BCUT2D eigenvalue weighted by molar-refractivity contribution is 0.893. The van der Waals surface area contributed by atoms with Crippen molar-refractivity contribution >= 4 is 72.4 Å². The molecule has 0 amide bonds. The molecule has 0 spiro atoms. The number of nitrogens with zero attached hydrogens (tertiary/aromatic N) is 5. The van der Waals surface area contributed by atoms with Crippen LogP contribution in [0.2, 0.25) is 0 Å². The highest BCUT2D eigenvalue weighted by Gasteiger charge is 2.41. The number of para-hydroxylation sites is 4. The summed E-state index contributed by atoms with van der Waals surface area (Å²) in [5.41, 5.74) is -0.906. The molecule has 0 aliphatic heterocycles. The van der Waals surface area contributed by atoms with E-state index >= 15 is 0 Å². The lowest BCUT2D eigenvalue weighted by atomic mass is 10.1. The summed E-state index contributed by atoms with van der Waals surface area (Å²) in [7, 11) is -3.58. The third kappa shape index (κ3) is 5.95. The van der Waals surface area contributed by atoms with E-state index in [0.29, 0.717) is 5.56 Å². The van der Waals surface area contributed by atoms with Crippen molar-refractivity contribution in [2.45, 2.75) is 0 Å². The molecule has 6 heteroatoms. The molecule has 0 bridgehead atoms. The SMILES string of the molecule is [2H]c1c([2H])c([2H])c(-c2cccc([Si](c3ccccc3)(c3ccccc3)c3ccc(-c4nc(-n5c6c([2H])c([2H])c([2H])c([2H])c6c6c([2H])c([2H])c([2H])c([2H])c65)nc(-n5c6c([2H])c([2H])c([2H])c([2H])c6c6c([2H])c([2H])c([2H])c([2H])c65)n4)cc3)c2)c([2H])c1[2H]. The van der Waals surface area contributed by atoms with Gasteiger partial charge in [0.1, 0.15) is 0 Å². The Morgan fingerprint density at radius 3 is 1.22 bits per heavy atom. The van der Waals surface area contributed by atoms with E-state index in [4.69, 9.17) is 38.3 Å². The lowest BCUT2D eigenvalue weighted by Gasteiger charge is -2.34. The number of aromatic nitrogens is 5. The Labute approximate surface area is 395 Å². The summed E-state index contributed by atoms with van der Waals surface area (Å²) in [5, 5.41) is 2.03. The lowest BCUT2D eigenvalue weighted by Crippen LogP contribution is -2.74. The molecule has 12 aromatic rings. The molecular formula is C57H39N5Si. The van der Waals surface area contributed by atoms with Gasteiger partial charge in [0, 0.05) is 27.1 Å². The number of hydrogen-bond donors (Lipinski definition) is 0. The zero-order valence-electron chi connectivity index (χ0n) is 53.6. The molecule has 63 heavy (non-hydrogen) atoms. The van der Waals surface area contributed by atoms with Crippen LogP contribution in [-0.4, -0.2) is 32.2 Å². The minimum absolute atomic E-state index is 0.00690. The Morgan fingerprint density at radius 2 is 0.746 bits per heavy atom. The quantitative estimate of drug-likeness (QED) is 0.113. The van der Waals surface area contributed by atoms with E-state index in [1.54, 1.807) is 24.3 Å². The first-order valence-corrected chi connectivity index (χ1v) is 21.6. The summed E-state index contributed by atoms with van der Waals surface area (Å²) < 4.78 is 189. The third-order valence-electron chi connectivity index (χ3n) is 11.2. The van der Waals surface area contributed by atoms with Crippen LogP contribution in [0.25, 0.3) is 78.0 Å². The zero-order chi connectivity index (χ0) is 60.0. The summed E-state index contributed by atoms with van der Waals surface area (Å²) in [5.74, 6) is -1.30. The van der Waals surface area contributed by atoms with Crippen LogP contribution in [0.15, 0.2) is 236 Å². The second kappa shape index (κ2) is 15.1. The van der Waals surface area contributed by atoms with Crippen LogP contribution >= 0.6 is 0 Å². The van der Waals surface area contributed by atoms with Crippen molar-refractivity contribution in [3.8, 4) is 34.4 Å². The van der Waals surface area contributed by atoms with Crippen LogP contribution < -0.4 is 20.7 Å². The molecule has 0 atom stereocenters. The van der Waals surface area contributed by atoms with Gasteiger partial charge in [0.2, 0.25) is 11.9 Å². The number of rotatable bonds is 8. The van der Waals surface area contributed by atoms with E-state index in [1.807, 2.05) is 84.9 Å². The maximum absolute atomic E-state index is 9.31. The molecule has 0 radical (unpaired) electrons. The van der Waals surface area contributed by atoms with Gasteiger partial charge in [-0.2, -0.15) is 15.0 Å². The van der Waals surface area contributed by atoms with Crippen LogP contribution in [-0.2, 0) is 0 Å². The Kier molecular flexibility index (Phi) is 5.03. The first kappa shape index (κ1) is 21.1. The van der Waals surface area contributed by atoms with Crippen molar-refractivity contribution in [1.29, 1.82) is 0 Å². The molecule has 5 nitrogen and oxygen atoms in total. The molecule has 296 valence electrons. The predicted octanol–water partition coefficient (Wildman–Crippen LogP) is 10.8. The van der Waals surface area contributed by atoms with E-state index in [9.17, 15) is 5.48 Å². The maximum Gasteiger partial charge on any atom is 0.240 e. The molecule has 3 aromatic heterocycles. The average Bonchev–Trinajstić information content (AvgIpc) is 1.86. The monoisotopic (exact) mass is 842 g/mol. The molecule has 0 aliphatic rings. The fourth-order valence-corrected chi connectivity index (χ4v) is 13.2. The van der Waals surface area contributed by atoms with Gasteiger partial charge < -0.3 is 0 Å². The number of benzene rings is 9. The molecule has 0 fully saturated rings. The largest absolute Gasteiger partial charge is 0.278 e. The zero-order valence-corrected chi connectivity index (χ0v) is 33.6. The summed E-state index contributed by atoms with van der Waals surface area (Å²) in [6, 6.07) is 20.1. The van der Waals surface area contributed by atoms with E-state index in [2.05, 4.69) is 0 Å². The summed E-state index contributed by atoms with van der Waals surface area (Å²) >= 11 is 0.